The third kappa shape index (κ3) is 6.58. The van der Waals surface area contributed by atoms with Gasteiger partial charge in [0.05, 0.1) is 32.3 Å². The maximum absolute atomic E-state index is 14.5. The van der Waals surface area contributed by atoms with Gasteiger partial charge in [0, 0.05) is 30.7 Å². The lowest BCUT2D eigenvalue weighted by atomic mass is 10.2. The van der Waals surface area contributed by atoms with E-state index >= 15 is 0 Å². The van der Waals surface area contributed by atoms with E-state index in [0.29, 0.717) is 42.8 Å². The summed E-state index contributed by atoms with van der Waals surface area (Å²) in [6, 6.07) is 10.6. The highest BCUT2D eigenvalue weighted by atomic mass is 127. The molecule has 166 valence electrons. The second-order valence-electron chi connectivity index (χ2n) is 6.37. The van der Waals surface area contributed by atoms with Gasteiger partial charge in [-0.1, -0.05) is 6.07 Å². The number of hydrogen-bond donors (Lipinski definition) is 2. The standard InChI is InChI=1S/C22H26FN5O2.HI/c1-4-25-22(27-17-7-9-20(30-5-2)21(13-17)29-3)26-14-16-6-8-19(18(23)12-16)28-11-10-24-15-28;/h6-13,15H,4-5,14H2,1-3H3,(H2,25,26,27);1H. The fraction of sp³-hybridized carbons (Fsp3) is 0.273. The zero-order valence-electron chi connectivity index (χ0n) is 17.8. The number of nitrogens with zero attached hydrogens (tertiary/aromatic N) is 3. The van der Waals surface area contributed by atoms with Crippen LogP contribution in [0.4, 0.5) is 10.1 Å². The van der Waals surface area contributed by atoms with Gasteiger partial charge >= 0.3 is 0 Å². The number of benzene rings is 2. The van der Waals surface area contributed by atoms with Gasteiger partial charge in [0.1, 0.15) is 5.82 Å². The molecule has 0 aliphatic carbocycles. The number of guanidine groups is 1. The van der Waals surface area contributed by atoms with E-state index in [1.807, 2.05) is 38.1 Å². The maximum Gasteiger partial charge on any atom is 0.196 e. The van der Waals surface area contributed by atoms with Crippen molar-refractivity contribution in [2.45, 2.75) is 20.4 Å². The monoisotopic (exact) mass is 539 g/mol. The van der Waals surface area contributed by atoms with Crippen LogP contribution in [0.1, 0.15) is 19.4 Å². The Hall–Kier alpha value is -2.82. The van der Waals surface area contributed by atoms with Gasteiger partial charge in [-0.05, 0) is 43.7 Å². The number of halogens is 2. The van der Waals surface area contributed by atoms with E-state index < -0.39 is 0 Å². The summed E-state index contributed by atoms with van der Waals surface area (Å²) in [6.45, 7) is 5.48. The molecule has 0 radical (unpaired) electrons. The Labute approximate surface area is 198 Å². The van der Waals surface area contributed by atoms with Gasteiger partial charge in [-0.2, -0.15) is 0 Å². The summed E-state index contributed by atoms with van der Waals surface area (Å²) in [6.07, 6.45) is 4.88. The topological polar surface area (TPSA) is 72.7 Å². The summed E-state index contributed by atoms with van der Waals surface area (Å²) in [5, 5.41) is 6.43. The van der Waals surface area contributed by atoms with Crippen LogP contribution >= 0.6 is 24.0 Å². The first kappa shape index (κ1) is 24.4. The molecule has 3 aromatic rings. The first-order chi connectivity index (χ1) is 14.6. The predicted molar refractivity (Wildman–Crippen MR) is 132 cm³/mol. The number of nitrogens with one attached hydrogen (secondary N) is 2. The molecule has 0 saturated carbocycles. The summed E-state index contributed by atoms with van der Waals surface area (Å²) in [5.41, 5.74) is 2.02. The molecule has 0 unspecified atom stereocenters. The number of hydrogen-bond acceptors (Lipinski definition) is 4. The Morgan fingerprint density at radius 3 is 2.65 bits per heavy atom. The smallest absolute Gasteiger partial charge is 0.196 e. The van der Waals surface area contributed by atoms with Crippen molar-refractivity contribution in [2.24, 2.45) is 4.99 Å². The number of aromatic nitrogens is 2. The van der Waals surface area contributed by atoms with Crippen molar-refractivity contribution in [1.82, 2.24) is 14.9 Å². The Kier molecular flexibility index (Phi) is 9.57. The largest absolute Gasteiger partial charge is 0.493 e. The highest BCUT2D eigenvalue weighted by Gasteiger charge is 2.08. The zero-order valence-corrected chi connectivity index (χ0v) is 20.1. The Balaban J connectivity index is 0.00000341. The lowest BCUT2D eigenvalue weighted by Crippen LogP contribution is -2.30. The van der Waals surface area contributed by atoms with Gasteiger partial charge < -0.3 is 24.7 Å². The third-order valence-corrected chi connectivity index (χ3v) is 4.28. The summed E-state index contributed by atoms with van der Waals surface area (Å²) < 4.78 is 27.0. The molecule has 0 bridgehead atoms. The fourth-order valence-corrected chi connectivity index (χ4v) is 2.89. The predicted octanol–water partition coefficient (Wildman–Crippen LogP) is 4.61. The van der Waals surface area contributed by atoms with E-state index in [1.54, 1.807) is 36.5 Å². The van der Waals surface area contributed by atoms with E-state index in [-0.39, 0.29) is 29.8 Å². The van der Waals surface area contributed by atoms with Gasteiger partial charge in [0.15, 0.2) is 17.5 Å². The van der Waals surface area contributed by atoms with Gasteiger partial charge in [-0.3, -0.25) is 0 Å². The summed E-state index contributed by atoms with van der Waals surface area (Å²) in [4.78, 5) is 8.51. The fourth-order valence-electron chi connectivity index (χ4n) is 2.89. The number of rotatable bonds is 8. The van der Waals surface area contributed by atoms with E-state index in [1.165, 1.54) is 6.07 Å². The van der Waals surface area contributed by atoms with Crippen molar-refractivity contribution in [3.63, 3.8) is 0 Å². The van der Waals surface area contributed by atoms with E-state index in [9.17, 15) is 4.39 Å². The SMILES string of the molecule is CCNC(=NCc1ccc(-n2ccnc2)c(F)c1)Nc1ccc(OCC)c(OC)c1.I. The number of imidazole rings is 1. The van der Waals surface area contributed by atoms with Gasteiger partial charge in [0.2, 0.25) is 0 Å². The molecule has 0 aliphatic heterocycles. The number of aliphatic imine (C=N–C) groups is 1. The number of methoxy groups -OCH3 is 1. The molecule has 0 amide bonds. The highest BCUT2D eigenvalue weighted by molar-refractivity contribution is 14.0. The molecule has 9 heteroatoms. The van der Waals surface area contributed by atoms with Crippen molar-refractivity contribution in [3.05, 3.63) is 66.5 Å². The van der Waals surface area contributed by atoms with Crippen LogP contribution in [0.3, 0.4) is 0 Å². The molecule has 0 aliphatic rings. The second kappa shape index (κ2) is 12.1. The summed E-state index contributed by atoms with van der Waals surface area (Å²) in [5.74, 6) is 1.58. The minimum Gasteiger partial charge on any atom is -0.493 e. The molecule has 3 rings (SSSR count). The van der Waals surface area contributed by atoms with Crippen LogP contribution in [-0.2, 0) is 6.54 Å². The Morgan fingerprint density at radius 2 is 2.00 bits per heavy atom. The van der Waals surface area contributed by atoms with Crippen molar-refractivity contribution in [1.29, 1.82) is 0 Å². The molecule has 7 nitrogen and oxygen atoms in total. The van der Waals surface area contributed by atoms with Gasteiger partial charge in [-0.25, -0.2) is 14.4 Å². The van der Waals surface area contributed by atoms with Crippen LogP contribution in [-0.4, -0.2) is 35.8 Å². The Morgan fingerprint density at radius 1 is 1.16 bits per heavy atom. The second-order valence-corrected chi connectivity index (χ2v) is 6.37. The van der Waals surface area contributed by atoms with Crippen molar-refractivity contribution in [2.75, 3.05) is 25.6 Å². The lowest BCUT2D eigenvalue weighted by Gasteiger charge is -2.14. The Bertz CT molecular complexity index is 996. The van der Waals surface area contributed by atoms with Crippen LogP contribution < -0.4 is 20.1 Å². The molecular weight excluding hydrogens is 512 g/mol. The molecular formula is C22H27FIN5O2. The van der Waals surface area contributed by atoms with Crippen molar-refractivity contribution in [3.8, 4) is 17.2 Å². The molecule has 2 N–H and O–H groups in total. The highest BCUT2D eigenvalue weighted by Crippen LogP contribution is 2.30. The van der Waals surface area contributed by atoms with Gasteiger partial charge in [-0.15, -0.1) is 24.0 Å². The zero-order chi connectivity index (χ0) is 21.3. The summed E-state index contributed by atoms with van der Waals surface area (Å²) in [7, 11) is 1.60. The maximum atomic E-state index is 14.5. The minimum atomic E-state index is -0.324. The van der Waals surface area contributed by atoms with Crippen LogP contribution in [0, 0.1) is 5.82 Å². The van der Waals surface area contributed by atoms with Crippen LogP contribution in [0.25, 0.3) is 5.69 Å². The molecule has 0 fully saturated rings. The molecule has 2 aromatic carbocycles. The van der Waals surface area contributed by atoms with E-state index in [0.717, 1.165) is 11.3 Å². The van der Waals surface area contributed by atoms with Crippen LogP contribution in [0.5, 0.6) is 11.5 Å². The van der Waals surface area contributed by atoms with Gasteiger partial charge in [0.25, 0.3) is 0 Å². The molecule has 1 aromatic heterocycles. The average Bonchev–Trinajstić information content (AvgIpc) is 3.28. The van der Waals surface area contributed by atoms with E-state index in [4.69, 9.17) is 9.47 Å². The number of anilines is 1. The number of ether oxygens (including phenoxy) is 2. The third-order valence-electron chi connectivity index (χ3n) is 4.28. The van der Waals surface area contributed by atoms with Crippen molar-refractivity contribution < 1.29 is 13.9 Å². The molecule has 1 heterocycles. The normalized spacial score (nSPS) is 10.9. The lowest BCUT2D eigenvalue weighted by molar-refractivity contribution is 0.311. The summed E-state index contributed by atoms with van der Waals surface area (Å²) >= 11 is 0. The minimum absolute atomic E-state index is 0. The molecule has 0 saturated heterocycles. The first-order valence-corrected chi connectivity index (χ1v) is 9.77. The quantitative estimate of drug-likeness (QED) is 0.249. The molecule has 0 spiro atoms. The van der Waals surface area contributed by atoms with Crippen LogP contribution in [0.15, 0.2) is 60.1 Å². The van der Waals surface area contributed by atoms with E-state index in [2.05, 4.69) is 20.6 Å². The molecule has 0 atom stereocenters. The van der Waals surface area contributed by atoms with Crippen molar-refractivity contribution >= 4 is 35.6 Å². The molecule has 31 heavy (non-hydrogen) atoms. The first-order valence-electron chi connectivity index (χ1n) is 9.77. The average molecular weight is 539 g/mol. The van der Waals surface area contributed by atoms with Crippen LogP contribution in [0.2, 0.25) is 0 Å².